The van der Waals surface area contributed by atoms with Gasteiger partial charge in [-0.1, -0.05) is 6.07 Å². The monoisotopic (exact) mass is 254 g/mol. The molecule has 0 saturated carbocycles. The van der Waals surface area contributed by atoms with Crippen molar-refractivity contribution in [2.45, 2.75) is 6.54 Å². The fraction of sp³-hybridized carbons (Fsp3) is 0.0714. The van der Waals surface area contributed by atoms with Crippen LogP contribution in [0.2, 0.25) is 0 Å². The standard InChI is InChI=1S/C14H11FN4/c15-13-8-16-4-3-12(13)14-2-1-11(7-18-14)9-19-6-5-17-10-19/h1-8,10H,9H2. The first-order valence-corrected chi connectivity index (χ1v) is 5.83. The lowest BCUT2D eigenvalue weighted by Gasteiger charge is -2.05. The molecule has 3 aromatic rings. The highest BCUT2D eigenvalue weighted by atomic mass is 19.1. The predicted octanol–water partition coefficient (Wildman–Crippen LogP) is 2.53. The molecule has 0 amide bonds. The Labute approximate surface area is 109 Å². The SMILES string of the molecule is Fc1cnccc1-c1ccc(Cn2ccnc2)cn1. The maximum Gasteiger partial charge on any atom is 0.150 e. The van der Waals surface area contributed by atoms with E-state index in [2.05, 4.69) is 15.0 Å². The lowest BCUT2D eigenvalue weighted by Crippen LogP contribution is -1.97. The molecule has 3 heterocycles. The smallest absolute Gasteiger partial charge is 0.150 e. The lowest BCUT2D eigenvalue weighted by atomic mass is 10.1. The molecule has 0 aromatic carbocycles. The molecule has 0 unspecified atom stereocenters. The van der Waals surface area contributed by atoms with E-state index < -0.39 is 0 Å². The summed E-state index contributed by atoms with van der Waals surface area (Å²) in [6.45, 7) is 0.701. The van der Waals surface area contributed by atoms with Gasteiger partial charge >= 0.3 is 0 Å². The van der Waals surface area contributed by atoms with Gasteiger partial charge in [-0.05, 0) is 17.7 Å². The molecule has 0 fully saturated rings. The Kier molecular flexibility index (Phi) is 3.02. The number of aromatic nitrogens is 4. The van der Waals surface area contributed by atoms with E-state index in [1.807, 2.05) is 22.9 Å². The Bertz CT molecular complexity index is 662. The van der Waals surface area contributed by atoms with Crippen LogP contribution in [0, 0.1) is 5.82 Å². The third kappa shape index (κ3) is 2.49. The average Bonchev–Trinajstić information content (AvgIpc) is 2.93. The summed E-state index contributed by atoms with van der Waals surface area (Å²) >= 11 is 0. The van der Waals surface area contributed by atoms with Crippen molar-refractivity contribution in [3.8, 4) is 11.3 Å². The lowest BCUT2D eigenvalue weighted by molar-refractivity contribution is 0.624. The normalized spacial score (nSPS) is 10.6. The topological polar surface area (TPSA) is 43.6 Å². The molecule has 3 aromatic heterocycles. The van der Waals surface area contributed by atoms with Gasteiger partial charge in [0.05, 0.1) is 18.2 Å². The van der Waals surface area contributed by atoms with E-state index in [-0.39, 0.29) is 5.82 Å². The van der Waals surface area contributed by atoms with Crippen molar-refractivity contribution in [2.24, 2.45) is 0 Å². The highest BCUT2D eigenvalue weighted by Crippen LogP contribution is 2.19. The Morgan fingerprint density at radius 2 is 2.00 bits per heavy atom. The van der Waals surface area contributed by atoms with Crippen molar-refractivity contribution >= 4 is 0 Å². The number of nitrogens with zero attached hydrogens (tertiary/aromatic N) is 4. The highest BCUT2D eigenvalue weighted by Gasteiger charge is 2.05. The molecule has 0 atom stereocenters. The Balaban J connectivity index is 1.85. The van der Waals surface area contributed by atoms with Crippen molar-refractivity contribution in [3.05, 3.63) is 66.9 Å². The average molecular weight is 254 g/mol. The van der Waals surface area contributed by atoms with E-state index in [9.17, 15) is 4.39 Å². The number of hydrogen-bond donors (Lipinski definition) is 0. The zero-order valence-electron chi connectivity index (χ0n) is 10.1. The van der Waals surface area contributed by atoms with E-state index in [1.165, 1.54) is 6.20 Å². The van der Waals surface area contributed by atoms with E-state index in [0.717, 1.165) is 5.56 Å². The number of rotatable bonds is 3. The summed E-state index contributed by atoms with van der Waals surface area (Å²) < 4.78 is 15.5. The van der Waals surface area contributed by atoms with Crippen molar-refractivity contribution in [1.29, 1.82) is 0 Å². The fourth-order valence-corrected chi connectivity index (χ4v) is 1.85. The minimum Gasteiger partial charge on any atom is -0.333 e. The Morgan fingerprint density at radius 3 is 2.68 bits per heavy atom. The zero-order valence-corrected chi connectivity index (χ0v) is 10.1. The molecule has 5 heteroatoms. The third-order valence-corrected chi connectivity index (χ3v) is 2.80. The maximum atomic E-state index is 13.6. The Morgan fingerprint density at radius 1 is 1.05 bits per heavy atom. The molecule has 0 saturated heterocycles. The molecule has 0 spiro atoms. The van der Waals surface area contributed by atoms with Crippen LogP contribution in [0.25, 0.3) is 11.3 Å². The van der Waals surface area contributed by atoms with Gasteiger partial charge in [-0.3, -0.25) is 9.97 Å². The van der Waals surface area contributed by atoms with Gasteiger partial charge in [0.2, 0.25) is 0 Å². The first-order valence-electron chi connectivity index (χ1n) is 5.83. The van der Waals surface area contributed by atoms with Crippen LogP contribution in [0.5, 0.6) is 0 Å². The second-order valence-corrected chi connectivity index (χ2v) is 4.14. The summed E-state index contributed by atoms with van der Waals surface area (Å²) in [6, 6.07) is 5.36. The molecular weight excluding hydrogens is 243 g/mol. The van der Waals surface area contributed by atoms with Gasteiger partial charge in [0.25, 0.3) is 0 Å². The van der Waals surface area contributed by atoms with Crippen LogP contribution in [-0.4, -0.2) is 19.5 Å². The van der Waals surface area contributed by atoms with Crippen LogP contribution in [0.4, 0.5) is 4.39 Å². The van der Waals surface area contributed by atoms with Crippen molar-refractivity contribution < 1.29 is 4.39 Å². The fourth-order valence-electron chi connectivity index (χ4n) is 1.85. The molecule has 3 rings (SSSR count). The van der Waals surface area contributed by atoms with Crippen LogP contribution in [0.1, 0.15) is 5.56 Å². The second kappa shape index (κ2) is 4.97. The van der Waals surface area contributed by atoms with Crippen LogP contribution >= 0.6 is 0 Å². The quantitative estimate of drug-likeness (QED) is 0.721. The van der Waals surface area contributed by atoms with Gasteiger partial charge in [-0.15, -0.1) is 0 Å². The van der Waals surface area contributed by atoms with Crippen LogP contribution in [0.3, 0.4) is 0 Å². The molecule has 0 aliphatic carbocycles. The van der Waals surface area contributed by atoms with E-state index in [4.69, 9.17) is 0 Å². The second-order valence-electron chi connectivity index (χ2n) is 4.14. The Hall–Kier alpha value is -2.56. The third-order valence-electron chi connectivity index (χ3n) is 2.80. The van der Waals surface area contributed by atoms with Crippen LogP contribution < -0.4 is 0 Å². The number of halogens is 1. The van der Waals surface area contributed by atoms with Crippen molar-refractivity contribution in [1.82, 2.24) is 19.5 Å². The first-order chi connectivity index (χ1) is 9.33. The highest BCUT2D eigenvalue weighted by molar-refractivity contribution is 5.58. The summed E-state index contributed by atoms with van der Waals surface area (Å²) in [5, 5.41) is 0. The molecule has 0 radical (unpaired) electrons. The summed E-state index contributed by atoms with van der Waals surface area (Å²) in [5.41, 5.74) is 2.11. The molecule has 19 heavy (non-hydrogen) atoms. The molecule has 4 nitrogen and oxygen atoms in total. The minimum atomic E-state index is -0.364. The molecule has 0 N–H and O–H groups in total. The van der Waals surface area contributed by atoms with E-state index in [0.29, 0.717) is 17.8 Å². The summed E-state index contributed by atoms with van der Waals surface area (Å²) in [4.78, 5) is 12.0. The number of pyridine rings is 2. The minimum absolute atomic E-state index is 0.364. The van der Waals surface area contributed by atoms with Crippen LogP contribution in [0.15, 0.2) is 55.5 Å². The molecule has 0 aliphatic rings. The molecular formula is C14H11FN4. The maximum absolute atomic E-state index is 13.6. The number of imidazole rings is 1. The van der Waals surface area contributed by atoms with Gasteiger partial charge < -0.3 is 4.57 Å². The van der Waals surface area contributed by atoms with Gasteiger partial charge in [-0.2, -0.15) is 0 Å². The van der Waals surface area contributed by atoms with Crippen molar-refractivity contribution in [2.75, 3.05) is 0 Å². The van der Waals surface area contributed by atoms with Crippen molar-refractivity contribution in [3.63, 3.8) is 0 Å². The largest absolute Gasteiger partial charge is 0.333 e. The molecule has 0 aliphatic heterocycles. The van der Waals surface area contributed by atoms with Gasteiger partial charge in [0.1, 0.15) is 0 Å². The van der Waals surface area contributed by atoms with Crippen LogP contribution in [-0.2, 0) is 6.54 Å². The zero-order chi connectivity index (χ0) is 13.1. The van der Waals surface area contributed by atoms with E-state index >= 15 is 0 Å². The summed E-state index contributed by atoms with van der Waals surface area (Å²) in [5.74, 6) is -0.364. The molecule has 0 bridgehead atoms. The first kappa shape index (κ1) is 11.5. The number of hydrogen-bond acceptors (Lipinski definition) is 3. The predicted molar refractivity (Wildman–Crippen MR) is 68.8 cm³/mol. The van der Waals surface area contributed by atoms with Gasteiger partial charge in [-0.25, -0.2) is 9.37 Å². The van der Waals surface area contributed by atoms with Gasteiger partial charge in [0.15, 0.2) is 5.82 Å². The van der Waals surface area contributed by atoms with Gasteiger partial charge in [0, 0.05) is 36.9 Å². The van der Waals surface area contributed by atoms with E-state index in [1.54, 1.807) is 31.0 Å². The summed E-state index contributed by atoms with van der Waals surface area (Å²) in [7, 11) is 0. The summed E-state index contributed by atoms with van der Waals surface area (Å²) in [6.07, 6.45) is 9.85. The molecule has 94 valence electrons.